The van der Waals surface area contributed by atoms with Crippen LogP contribution in [0.1, 0.15) is 12.5 Å². The summed E-state index contributed by atoms with van der Waals surface area (Å²) in [7, 11) is 2.95. The summed E-state index contributed by atoms with van der Waals surface area (Å²) in [5.41, 5.74) is 1.78. The van der Waals surface area contributed by atoms with Crippen molar-refractivity contribution in [3.05, 3.63) is 85.2 Å². The first-order valence-corrected chi connectivity index (χ1v) is 10.0. The van der Waals surface area contributed by atoms with Crippen molar-refractivity contribution < 1.29 is 9.72 Å². The van der Waals surface area contributed by atoms with Crippen molar-refractivity contribution in [2.45, 2.75) is 13.8 Å². The predicted molar refractivity (Wildman–Crippen MR) is 125 cm³/mol. The summed E-state index contributed by atoms with van der Waals surface area (Å²) in [6.45, 7) is 3.03. The van der Waals surface area contributed by atoms with E-state index in [-0.39, 0.29) is 17.0 Å². The quantitative estimate of drug-likeness (QED) is 0.381. The molecule has 0 atom stereocenters. The average Bonchev–Trinajstić information content (AvgIpc) is 3.17. The van der Waals surface area contributed by atoms with Crippen LogP contribution in [0.2, 0.25) is 0 Å². The maximum atomic E-state index is 13.2. The van der Waals surface area contributed by atoms with Gasteiger partial charge in [-0.1, -0.05) is 18.2 Å². The van der Waals surface area contributed by atoms with E-state index in [0.29, 0.717) is 33.7 Å². The summed E-state index contributed by atoms with van der Waals surface area (Å²) in [4.78, 5) is 48.4. The SMILES string of the molecule is CC(=O)Nc1cccc(-n2cc3c(c2-c2ccc(C)c([N+](=O)[O-])c2)c(=O)n(C)c(=O)n3C)c1. The fourth-order valence-electron chi connectivity index (χ4n) is 3.92. The van der Waals surface area contributed by atoms with Crippen LogP contribution in [0, 0.1) is 17.0 Å². The van der Waals surface area contributed by atoms with Crippen molar-refractivity contribution in [1.29, 1.82) is 0 Å². The molecule has 1 amide bonds. The summed E-state index contributed by atoms with van der Waals surface area (Å²) in [6, 6.07) is 11.7. The summed E-state index contributed by atoms with van der Waals surface area (Å²) in [5.74, 6) is -0.240. The van der Waals surface area contributed by atoms with Gasteiger partial charge in [-0.2, -0.15) is 0 Å². The van der Waals surface area contributed by atoms with E-state index in [1.165, 1.54) is 24.6 Å². The zero-order valence-electron chi connectivity index (χ0n) is 18.4. The maximum Gasteiger partial charge on any atom is 0.330 e. The number of nitro benzene ring substituents is 1. The number of aryl methyl sites for hydroxylation is 2. The molecule has 10 nitrogen and oxygen atoms in total. The zero-order chi connectivity index (χ0) is 24.0. The van der Waals surface area contributed by atoms with Gasteiger partial charge in [-0.05, 0) is 25.1 Å². The summed E-state index contributed by atoms with van der Waals surface area (Å²) in [5, 5.41) is 14.5. The smallest absolute Gasteiger partial charge is 0.326 e. The molecule has 33 heavy (non-hydrogen) atoms. The van der Waals surface area contributed by atoms with Crippen molar-refractivity contribution >= 4 is 28.2 Å². The molecule has 4 rings (SSSR count). The van der Waals surface area contributed by atoms with Gasteiger partial charge in [-0.3, -0.25) is 28.8 Å². The zero-order valence-corrected chi connectivity index (χ0v) is 18.4. The molecule has 0 spiro atoms. The van der Waals surface area contributed by atoms with E-state index in [1.807, 2.05) is 0 Å². The first-order valence-electron chi connectivity index (χ1n) is 10.0. The molecule has 0 fully saturated rings. The van der Waals surface area contributed by atoms with E-state index in [0.717, 1.165) is 4.57 Å². The molecular formula is C23H21N5O5. The third kappa shape index (κ3) is 3.61. The molecule has 0 saturated carbocycles. The lowest BCUT2D eigenvalue weighted by molar-refractivity contribution is -0.385. The molecule has 2 aromatic carbocycles. The molecule has 0 radical (unpaired) electrons. The molecule has 2 heterocycles. The van der Waals surface area contributed by atoms with Gasteiger partial charge in [0, 0.05) is 55.8 Å². The van der Waals surface area contributed by atoms with Crippen molar-refractivity contribution in [1.82, 2.24) is 13.7 Å². The number of rotatable bonds is 4. The topological polar surface area (TPSA) is 121 Å². The second-order valence-corrected chi connectivity index (χ2v) is 7.80. The minimum absolute atomic E-state index is 0.0814. The standard InChI is InChI=1S/C23H21N5O5/c1-13-8-9-15(10-18(13)28(32)33)21-20-19(25(3)23(31)26(4)22(20)30)12-27(21)17-7-5-6-16(11-17)24-14(2)29/h5-12H,1-4H3,(H,24,29). The Bertz CT molecular complexity index is 1570. The molecule has 0 aliphatic heterocycles. The van der Waals surface area contributed by atoms with E-state index in [9.17, 15) is 24.5 Å². The van der Waals surface area contributed by atoms with Crippen LogP contribution in [0.3, 0.4) is 0 Å². The number of carbonyl (C=O) groups excluding carboxylic acids is 1. The largest absolute Gasteiger partial charge is 0.330 e. The number of fused-ring (bicyclic) bond motifs is 1. The lowest BCUT2D eigenvalue weighted by Gasteiger charge is -2.12. The molecule has 0 aliphatic carbocycles. The normalized spacial score (nSPS) is 11.0. The van der Waals surface area contributed by atoms with Gasteiger partial charge in [0.1, 0.15) is 0 Å². The molecular weight excluding hydrogens is 426 g/mol. The Balaban J connectivity index is 2.14. The first kappa shape index (κ1) is 21.8. The van der Waals surface area contributed by atoms with Crippen molar-refractivity contribution in [3.63, 3.8) is 0 Å². The van der Waals surface area contributed by atoms with E-state index < -0.39 is 16.2 Å². The molecule has 0 saturated heterocycles. The van der Waals surface area contributed by atoms with Crippen molar-refractivity contribution in [3.8, 4) is 16.9 Å². The van der Waals surface area contributed by atoms with Gasteiger partial charge in [-0.25, -0.2) is 4.79 Å². The Morgan fingerprint density at radius 3 is 2.45 bits per heavy atom. The van der Waals surface area contributed by atoms with Gasteiger partial charge in [0.25, 0.3) is 11.2 Å². The summed E-state index contributed by atoms with van der Waals surface area (Å²) in [6.07, 6.45) is 1.64. The monoisotopic (exact) mass is 447 g/mol. The predicted octanol–water partition coefficient (Wildman–Crippen LogP) is 2.87. The molecule has 0 bridgehead atoms. The van der Waals surface area contributed by atoms with Crippen LogP contribution in [0.5, 0.6) is 0 Å². The number of nitrogens with zero attached hydrogens (tertiary/aromatic N) is 4. The molecule has 10 heteroatoms. The third-order valence-corrected chi connectivity index (χ3v) is 5.56. The number of carbonyl (C=O) groups is 1. The number of anilines is 1. The minimum atomic E-state index is -0.511. The number of hydrogen-bond donors (Lipinski definition) is 1. The molecule has 2 aromatic heterocycles. The van der Waals surface area contributed by atoms with Gasteiger partial charge in [-0.15, -0.1) is 0 Å². The van der Waals surface area contributed by atoms with E-state index in [1.54, 1.807) is 61.1 Å². The fraction of sp³-hybridized carbons (Fsp3) is 0.174. The van der Waals surface area contributed by atoms with Crippen molar-refractivity contribution in [2.24, 2.45) is 14.1 Å². The van der Waals surface area contributed by atoms with E-state index in [2.05, 4.69) is 5.32 Å². The van der Waals surface area contributed by atoms with Gasteiger partial charge in [0.05, 0.1) is 21.5 Å². The Hall–Kier alpha value is -4.47. The van der Waals surface area contributed by atoms with Gasteiger partial charge in [0.15, 0.2) is 0 Å². The van der Waals surface area contributed by atoms with Gasteiger partial charge in [0.2, 0.25) is 5.91 Å². The van der Waals surface area contributed by atoms with E-state index in [4.69, 9.17) is 0 Å². The van der Waals surface area contributed by atoms with Crippen LogP contribution in [-0.4, -0.2) is 24.5 Å². The van der Waals surface area contributed by atoms with Crippen LogP contribution in [-0.2, 0) is 18.9 Å². The van der Waals surface area contributed by atoms with Crippen LogP contribution in [0.25, 0.3) is 27.8 Å². The highest BCUT2D eigenvalue weighted by atomic mass is 16.6. The number of benzene rings is 2. The van der Waals surface area contributed by atoms with Crippen LogP contribution in [0.15, 0.2) is 58.3 Å². The summed E-state index contributed by atoms with van der Waals surface area (Å²) < 4.78 is 4.06. The third-order valence-electron chi connectivity index (χ3n) is 5.56. The van der Waals surface area contributed by atoms with Crippen LogP contribution >= 0.6 is 0 Å². The number of nitrogens with one attached hydrogen (secondary N) is 1. The van der Waals surface area contributed by atoms with Crippen molar-refractivity contribution in [2.75, 3.05) is 5.32 Å². The molecule has 4 aromatic rings. The minimum Gasteiger partial charge on any atom is -0.326 e. The average molecular weight is 447 g/mol. The van der Waals surface area contributed by atoms with Crippen LogP contribution in [0.4, 0.5) is 11.4 Å². The Morgan fingerprint density at radius 1 is 1.06 bits per heavy atom. The number of nitro groups is 1. The number of amides is 1. The number of aromatic nitrogens is 3. The maximum absolute atomic E-state index is 13.2. The second kappa shape index (κ2) is 7.90. The lowest BCUT2D eigenvalue weighted by atomic mass is 10.1. The molecule has 0 aliphatic rings. The number of hydrogen-bond acceptors (Lipinski definition) is 5. The molecule has 1 N–H and O–H groups in total. The fourth-order valence-corrected chi connectivity index (χ4v) is 3.92. The Morgan fingerprint density at radius 2 is 1.79 bits per heavy atom. The Kier molecular flexibility index (Phi) is 5.21. The lowest BCUT2D eigenvalue weighted by Crippen LogP contribution is -2.36. The highest BCUT2D eigenvalue weighted by Crippen LogP contribution is 2.34. The highest BCUT2D eigenvalue weighted by molar-refractivity contribution is 5.95. The highest BCUT2D eigenvalue weighted by Gasteiger charge is 2.22. The van der Waals surface area contributed by atoms with E-state index >= 15 is 0 Å². The van der Waals surface area contributed by atoms with Gasteiger partial charge >= 0.3 is 5.69 Å². The van der Waals surface area contributed by atoms with Gasteiger partial charge < -0.3 is 9.88 Å². The molecule has 0 unspecified atom stereocenters. The second-order valence-electron chi connectivity index (χ2n) is 7.80. The van der Waals surface area contributed by atoms with Crippen LogP contribution < -0.4 is 16.6 Å². The molecule has 168 valence electrons. The summed E-state index contributed by atoms with van der Waals surface area (Å²) >= 11 is 0. The first-order chi connectivity index (χ1) is 15.6. The Labute approximate surface area is 187 Å².